The highest BCUT2D eigenvalue weighted by Crippen LogP contribution is 2.30. The fourth-order valence-corrected chi connectivity index (χ4v) is 4.36. The lowest BCUT2D eigenvalue weighted by Gasteiger charge is -2.28. The predicted molar refractivity (Wildman–Crippen MR) is 106 cm³/mol. The van der Waals surface area contributed by atoms with Gasteiger partial charge in [0, 0.05) is 55.9 Å². The van der Waals surface area contributed by atoms with Gasteiger partial charge in [0.15, 0.2) is 0 Å². The van der Waals surface area contributed by atoms with Crippen LogP contribution in [0.3, 0.4) is 0 Å². The van der Waals surface area contributed by atoms with Gasteiger partial charge >= 0.3 is 0 Å². The number of alkyl halides is 1. The van der Waals surface area contributed by atoms with Crippen LogP contribution in [0.25, 0.3) is 10.9 Å². The van der Waals surface area contributed by atoms with Crippen LogP contribution in [0.2, 0.25) is 0 Å². The molecule has 6 nitrogen and oxygen atoms in total. The topological polar surface area (TPSA) is 63.5 Å². The van der Waals surface area contributed by atoms with E-state index < -0.39 is 12.2 Å². The molecular formula is C21H23F2N5O. The summed E-state index contributed by atoms with van der Waals surface area (Å²) >= 11 is 0. The molecule has 3 atom stereocenters. The van der Waals surface area contributed by atoms with Crippen molar-refractivity contribution in [2.75, 3.05) is 38.1 Å². The molecule has 0 N–H and O–H groups in total. The van der Waals surface area contributed by atoms with E-state index in [4.69, 9.17) is 5.26 Å². The van der Waals surface area contributed by atoms with Crippen LogP contribution in [0.1, 0.15) is 12.8 Å². The summed E-state index contributed by atoms with van der Waals surface area (Å²) in [7, 11) is 1.93. The van der Waals surface area contributed by atoms with Crippen LogP contribution < -0.4 is 4.90 Å². The van der Waals surface area contributed by atoms with Crippen molar-refractivity contribution in [1.82, 2.24) is 14.8 Å². The lowest BCUT2D eigenvalue weighted by Crippen LogP contribution is -2.43. The van der Waals surface area contributed by atoms with E-state index in [0.29, 0.717) is 12.1 Å². The van der Waals surface area contributed by atoms with Crippen molar-refractivity contribution in [3.8, 4) is 6.07 Å². The number of hydrogen-bond donors (Lipinski definition) is 0. The van der Waals surface area contributed by atoms with Gasteiger partial charge in [-0.25, -0.2) is 8.78 Å². The smallest absolute Gasteiger partial charge is 0.237 e. The van der Waals surface area contributed by atoms with Crippen molar-refractivity contribution >= 4 is 22.5 Å². The first-order valence-corrected chi connectivity index (χ1v) is 9.79. The van der Waals surface area contributed by atoms with Crippen LogP contribution in [0.15, 0.2) is 30.5 Å². The van der Waals surface area contributed by atoms with Crippen LogP contribution in [0, 0.1) is 17.1 Å². The number of carbonyl (C=O) groups excluding carboxylic acids is 1. The van der Waals surface area contributed by atoms with E-state index in [0.717, 1.165) is 24.0 Å². The minimum atomic E-state index is -1.13. The first-order chi connectivity index (χ1) is 14.0. The molecule has 3 heterocycles. The Kier molecular flexibility index (Phi) is 5.33. The largest absolute Gasteiger partial charge is 0.370 e. The number of aromatic nitrogens is 1. The van der Waals surface area contributed by atoms with Gasteiger partial charge in [0.1, 0.15) is 18.0 Å². The molecule has 152 valence electrons. The number of fused-ring (bicyclic) bond motifs is 1. The van der Waals surface area contributed by atoms with E-state index >= 15 is 0 Å². The zero-order valence-electron chi connectivity index (χ0n) is 16.3. The van der Waals surface area contributed by atoms with Gasteiger partial charge in [0.25, 0.3) is 0 Å². The number of hydrogen-bond acceptors (Lipinski definition) is 5. The Morgan fingerprint density at radius 3 is 3.03 bits per heavy atom. The third-order valence-electron chi connectivity index (χ3n) is 5.92. The Bertz CT molecular complexity index is 962. The number of carbonyl (C=O) groups is 1. The Hall–Kier alpha value is -2.79. The van der Waals surface area contributed by atoms with E-state index in [2.05, 4.69) is 4.98 Å². The Morgan fingerprint density at radius 1 is 1.41 bits per heavy atom. The number of benzene rings is 1. The molecule has 2 aromatic rings. The molecule has 2 fully saturated rings. The summed E-state index contributed by atoms with van der Waals surface area (Å²) in [5, 5.41) is 10.0. The van der Waals surface area contributed by atoms with Crippen molar-refractivity contribution in [1.29, 1.82) is 5.26 Å². The van der Waals surface area contributed by atoms with Gasteiger partial charge < -0.3 is 9.80 Å². The number of nitriles is 1. The number of rotatable bonds is 4. The SMILES string of the molecule is CN(c1cc(F)cc2ncccc12)C1CCN(CC(=O)N2C[C@@H](F)C[C@H]2C#N)C1. The summed E-state index contributed by atoms with van der Waals surface area (Å²) in [6, 6.07) is 8.15. The molecule has 8 heteroatoms. The molecule has 0 bridgehead atoms. The van der Waals surface area contributed by atoms with Crippen LogP contribution >= 0.6 is 0 Å². The summed E-state index contributed by atoms with van der Waals surface area (Å²) in [4.78, 5) is 22.2. The molecule has 0 aliphatic carbocycles. The van der Waals surface area contributed by atoms with E-state index in [-0.39, 0.29) is 37.3 Å². The number of likely N-dealkylation sites (tertiary alicyclic amines) is 2. The molecule has 1 aromatic carbocycles. The van der Waals surface area contributed by atoms with Crippen LogP contribution in [0.4, 0.5) is 14.5 Å². The van der Waals surface area contributed by atoms with Gasteiger partial charge in [0.05, 0.1) is 24.7 Å². The quantitative estimate of drug-likeness (QED) is 0.790. The molecule has 1 unspecified atom stereocenters. The molecule has 4 rings (SSSR count). The fourth-order valence-electron chi connectivity index (χ4n) is 4.36. The maximum Gasteiger partial charge on any atom is 0.237 e. The number of pyridine rings is 1. The van der Waals surface area contributed by atoms with Crippen molar-refractivity contribution in [2.24, 2.45) is 0 Å². The maximum atomic E-state index is 14.1. The monoisotopic (exact) mass is 399 g/mol. The van der Waals surface area contributed by atoms with Crippen LogP contribution in [-0.4, -0.2) is 72.2 Å². The molecule has 29 heavy (non-hydrogen) atoms. The standard InChI is InChI=1S/C21H23F2N5O/c1-26(20-9-14(22)8-19-18(20)3-2-5-25-19)16-4-6-27(12-16)13-21(29)28-11-15(23)7-17(28)10-24/h2-3,5,8-9,15-17H,4,6-7,11-13H2,1H3/t15-,16?,17-/m0/s1. The first-order valence-electron chi connectivity index (χ1n) is 9.79. The van der Waals surface area contributed by atoms with E-state index in [1.54, 1.807) is 6.20 Å². The molecule has 1 amide bonds. The van der Waals surface area contributed by atoms with E-state index in [1.807, 2.05) is 35.0 Å². The van der Waals surface area contributed by atoms with Gasteiger partial charge in [-0.15, -0.1) is 0 Å². The Balaban J connectivity index is 1.44. The lowest BCUT2D eigenvalue weighted by molar-refractivity contribution is -0.132. The number of anilines is 1. The molecular weight excluding hydrogens is 376 g/mol. The lowest BCUT2D eigenvalue weighted by atomic mass is 10.1. The second kappa shape index (κ2) is 7.91. The van der Waals surface area contributed by atoms with Crippen LogP contribution in [0.5, 0.6) is 0 Å². The second-order valence-corrected chi connectivity index (χ2v) is 7.81. The van der Waals surface area contributed by atoms with Crippen molar-refractivity contribution in [3.63, 3.8) is 0 Å². The normalized spacial score (nSPS) is 24.8. The number of amides is 1. The van der Waals surface area contributed by atoms with Crippen molar-refractivity contribution < 1.29 is 13.6 Å². The summed E-state index contributed by atoms with van der Waals surface area (Å²) in [6.07, 6.45) is 1.43. The highest BCUT2D eigenvalue weighted by atomic mass is 19.1. The van der Waals surface area contributed by atoms with Crippen molar-refractivity contribution in [2.45, 2.75) is 31.1 Å². The van der Waals surface area contributed by atoms with Gasteiger partial charge in [-0.05, 0) is 24.6 Å². The second-order valence-electron chi connectivity index (χ2n) is 7.81. The molecule has 0 spiro atoms. The van der Waals surface area contributed by atoms with E-state index in [1.165, 1.54) is 17.0 Å². The average Bonchev–Trinajstić information content (AvgIpc) is 3.33. The van der Waals surface area contributed by atoms with Crippen LogP contribution in [-0.2, 0) is 4.79 Å². The minimum Gasteiger partial charge on any atom is -0.370 e. The number of likely N-dealkylation sites (N-methyl/N-ethyl adjacent to an activating group) is 1. The summed E-state index contributed by atoms with van der Waals surface area (Å²) in [6.45, 7) is 1.53. The zero-order chi connectivity index (χ0) is 20.5. The summed E-state index contributed by atoms with van der Waals surface area (Å²) < 4.78 is 27.7. The van der Waals surface area contributed by atoms with Gasteiger partial charge in [-0.3, -0.25) is 14.7 Å². The predicted octanol–water partition coefficient (Wildman–Crippen LogP) is 2.35. The highest BCUT2D eigenvalue weighted by Gasteiger charge is 2.37. The van der Waals surface area contributed by atoms with Gasteiger partial charge in [-0.2, -0.15) is 5.26 Å². The molecule has 2 aliphatic heterocycles. The molecule has 0 saturated carbocycles. The highest BCUT2D eigenvalue weighted by molar-refractivity contribution is 5.91. The van der Waals surface area contributed by atoms with Gasteiger partial charge in [0.2, 0.25) is 5.91 Å². The molecule has 1 aromatic heterocycles. The summed E-state index contributed by atoms with van der Waals surface area (Å²) in [5.41, 5.74) is 1.38. The Labute approximate surface area is 168 Å². The van der Waals surface area contributed by atoms with Gasteiger partial charge in [-0.1, -0.05) is 0 Å². The fraction of sp³-hybridized carbons (Fsp3) is 0.476. The van der Waals surface area contributed by atoms with Crippen molar-refractivity contribution in [3.05, 3.63) is 36.3 Å². The summed E-state index contributed by atoms with van der Waals surface area (Å²) in [5.74, 6) is -0.541. The van der Waals surface area contributed by atoms with E-state index in [9.17, 15) is 13.6 Å². The number of nitrogens with zero attached hydrogens (tertiary/aromatic N) is 5. The Morgan fingerprint density at radius 2 is 2.24 bits per heavy atom. The minimum absolute atomic E-state index is 0.00346. The maximum absolute atomic E-state index is 14.1. The number of halogens is 2. The third-order valence-corrected chi connectivity index (χ3v) is 5.92. The molecule has 2 aliphatic rings. The third kappa shape index (κ3) is 3.87. The average molecular weight is 399 g/mol. The zero-order valence-corrected chi connectivity index (χ0v) is 16.3. The first kappa shape index (κ1) is 19.5. The molecule has 2 saturated heterocycles. The molecule has 0 radical (unpaired) electrons.